The third-order valence-electron chi connectivity index (χ3n) is 3.19. The van der Waals surface area contributed by atoms with Gasteiger partial charge in [-0.25, -0.2) is 9.97 Å². The molecule has 0 unspecified atom stereocenters. The van der Waals surface area contributed by atoms with E-state index in [1.165, 1.54) is 5.56 Å². The lowest BCUT2D eigenvalue weighted by molar-refractivity contribution is 0.762. The van der Waals surface area contributed by atoms with Crippen LogP contribution >= 0.6 is 11.8 Å². The number of hydrogen-bond acceptors (Lipinski definition) is 6. The zero-order chi connectivity index (χ0) is 15.2. The van der Waals surface area contributed by atoms with Crippen molar-refractivity contribution in [2.45, 2.75) is 50.2 Å². The van der Waals surface area contributed by atoms with Gasteiger partial charge >= 0.3 is 0 Å². The van der Waals surface area contributed by atoms with Gasteiger partial charge in [-0.1, -0.05) is 20.3 Å². The Morgan fingerprint density at radius 3 is 2.62 bits per heavy atom. The summed E-state index contributed by atoms with van der Waals surface area (Å²) in [5.41, 5.74) is 1.17. The van der Waals surface area contributed by atoms with E-state index in [9.17, 15) is 0 Å². The summed E-state index contributed by atoms with van der Waals surface area (Å²) >= 11 is 1.55. The summed E-state index contributed by atoms with van der Waals surface area (Å²) in [6.07, 6.45) is 4.69. The van der Waals surface area contributed by atoms with E-state index in [-0.39, 0.29) is 0 Å². The average Bonchev–Trinajstić information content (AvgIpc) is 2.80. The largest absolute Gasteiger partial charge is 0.370 e. The zero-order valence-electron chi connectivity index (χ0n) is 13.1. The highest BCUT2D eigenvalue weighted by Gasteiger charge is 2.15. The van der Waals surface area contributed by atoms with Gasteiger partial charge < -0.3 is 9.88 Å². The first-order chi connectivity index (χ1) is 10.2. The number of aromatic nitrogens is 5. The standard InChI is InChI=1S/C14H22N6S/c1-5-7-11-12(15-8-6-2)16-9-17-13(11)21-14-19-18-10(3)20(14)4/h9H,5-8H2,1-4H3,(H,15,16,17). The maximum absolute atomic E-state index is 4.44. The van der Waals surface area contributed by atoms with Gasteiger partial charge in [-0.2, -0.15) is 0 Å². The first-order valence-corrected chi connectivity index (χ1v) is 8.10. The molecule has 0 aliphatic carbocycles. The summed E-state index contributed by atoms with van der Waals surface area (Å²) < 4.78 is 1.97. The van der Waals surface area contributed by atoms with Gasteiger partial charge in [-0.05, 0) is 31.5 Å². The van der Waals surface area contributed by atoms with Gasteiger partial charge in [-0.3, -0.25) is 0 Å². The minimum absolute atomic E-state index is 0.852. The highest BCUT2D eigenvalue weighted by molar-refractivity contribution is 7.99. The number of rotatable bonds is 7. The Kier molecular flexibility index (Phi) is 5.55. The molecule has 0 fully saturated rings. The van der Waals surface area contributed by atoms with E-state index < -0.39 is 0 Å². The molecule has 6 nitrogen and oxygen atoms in total. The number of aryl methyl sites for hydroxylation is 1. The molecule has 0 aliphatic rings. The maximum Gasteiger partial charge on any atom is 0.197 e. The molecule has 0 saturated carbocycles. The van der Waals surface area contributed by atoms with Gasteiger partial charge in [0.2, 0.25) is 0 Å². The second kappa shape index (κ2) is 7.40. The van der Waals surface area contributed by atoms with E-state index in [0.29, 0.717) is 0 Å². The lowest BCUT2D eigenvalue weighted by Gasteiger charge is -2.12. The lowest BCUT2D eigenvalue weighted by atomic mass is 10.2. The second-order valence-corrected chi connectivity index (χ2v) is 5.83. The van der Waals surface area contributed by atoms with Crippen molar-refractivity contribution in [1.29, 1.82) is 0 Å². The van der Waals surface area contributed by atoms with Crippen LogP contribution in [0.5, 0.6) is 0 Å². The Labute approximate surface area is 129 Å². The summed E-state index contributed by atoms with van der Waals surface area (Å²) in [4.78, 5) is 8.83. The second-order valence-electron chi connectivity index (χ2n) is 4.87. The van der Waals surface area contributed by atoms with E-state index in [2.05, 4.69) is 39.3 Å². The van der Waals surface area contributed by atoms with Gasteiger partial charge in [-0.15, -0.1) is 10.2 Å². The summed E-state index contributed by atoms with van der Waals surface area (Å²) in [6, 6.07) is 0. The predicted molar refractivity (Wildman–Crippen MR) is 84.7 cm³/mol. The van der Waals surface area contributed by atoms with E-state index in [0.717, 1.165) is 47.6 Å². The van der Waals surface area contributed by atoms with Crippen LogP contribution in [0.1, 0.15) is 38.1 Å². The van der Waals surface area contributed by atoms with Crippen LogP contribution in [-0.2, 0) is 13.5 Å². The molecule has 0 atom stereocenters. The number of nitrogens with one attached hydrogen (secondary N) is 1. The third kappa shape index (κ3) is 3.72. The minimum Gasteiger partial charge on any atom is -0.370 e. The van der Waals surface area contributed by atoms with Crippen LogP contribution in [-0.4, -0.2) is 31.3 Å². The molecule has 2 aromatic rings. The molecule has 2 heterocycles. The SMILES string of the molecule is CCCNc1ncnc(Sc2nnc(C)n2C)c1CCC. The summed E-state index contributed by atoms with van der Waals surface area (Å²) in [6.45, 7) is 7.17. The molecule has 2 aromatic heterocycles. The van der Waals surface area contributed by atoms with Gasteiger partial charge in [0.1, 0.15) is 23.0 Å². The fourth-order valence-corrected chi connectivity index (χ4v) is 2.86. The van der Waals surface area contributed by atoms with Crippen LogP contribution < -0.4 is 5.32 Å². The zero-order valence-corrected chi connectivity index (χ0v) is 13.9. The summed E-state index contributed by atoms with van der Waals surface area (Å²) in [5, 5.41) is 13.5. The predicted octanol–water partition coefficient (Wildman–Crippen LogP) is 2.84. The van der Waals surface area contributed by atoms with Crippen molar-refractivity contribution in [3.05, 3.63) is 17.7 Å². The molecule has 114 valence electrons. The van der Waals surface area contributed by atoms with Crippen LogP contribution in [0.25, 0.3) is 0 Å². The van der Waals surface area contributed by atoms with Crippen molar-refractivity contribution in [3.8, 4) is 0 Å². The fraction of sp³-hybridized carbons (Fsp3) is 0.571. The molecule has 0 radical (unpaired) electrons. The first-order valence-electron chi connectivity index (χ1n) is 7.28. The minimum atomic E-state index is 0.852. The van der Waals surface area contributed by atoms with Crippen molar-refractivity contribution in [2.24, 2.45) is 7.05 Å². The quantitative estimate of drug-likeness (QED) is 0.793. The molecule has 0 saturated heterocycles. The Bertz CT molecular complexity index is 595. The molecule has 1 N–H and O–H groups in total. The summed E-state index contributed by atoms with van der Waals surface area (Å²) in [5.74, 6) is 1.84. The topological polar surface area (TPSA) is 68.5 Å². The monoisotopic (exact) mass is 306 g/mol. The highest BCUT2D eigenvalue weighted by Crippen LogP contribution is 2.30. The molecule has 0 spiro atoms. The van der Waals surface area contributed by atoms with E-state index in [1.807, 2.05) is 18.5 Å². The Hall–Kier alpha value is -1.63. The van der Waals surface area contributed by atoms with Crippen LogP contribution in [0.3, 0.4) is 0 Å². The van der Waals surface area contributed by atoms with E-state index >= 15 is 0 Å². The molecule has 2 rings (SSSR count). The normalized spacial score (nSPS) is 10.9. The molecular formula is C14H22N6S. The van der Waals surface area contributed by atoms with E-state index in [4.69, 9.17) is 0 Å². The number of anilines is 1. The van der Waals surface area contributed by atoms with Crippen LogP contribution in [0.15, 0.2) is 16.5 Å². The number of hydrogen-bond donors (Lipinski definition) is 1. The van der Waals surface area contributed by atoms with Crippen molar-refractivity contribution < 1.29 is 0 Å². The Morgan fingerprint density at radius 1 is 1.19 bits per heavy atom. The highest BCUT2D eigenvalue weighted by atomic mass is 32.2. The van der Waals surface area contributed by atoms with Gasteiger partial charge in [0.25, 0.3) is 0 Å². The lowest BCUT2D eigenvalue weighted by Crippen LogP contribution is -2.07. The molecule has 21 heavy (non-hydrogen) atoms. The van der Waals surface area contributed by atoms with E-state index in [1.54, 1.807) is 18.1 Å². The van der Waals surface area contributed by atoms with Gasteiger partial charge in [0.05, 0.1) is 0 Å². The molecular weight excluding hydrogens is 284 g/mol. The van der Waals surface area contributed by atoms with Crippen molar-refractivity contribution >= 4 is 17.6 Å². The molecule has 0 aliphatic heterocycles. The molecule has 0 aromatic carbocycles. The molecule has 7 heteroatoms. The van der Waals surface area contributed by atoms with Gasteiger partial charge in [0, 0.05) is 19.2 Å². The maximum atomic E-state index is 4.44. The third-order valence-corrected chi connectivity index (χ3v) is 4.27. The average molecular weight is 306 g/mol. The number of nitrogens with zero attached hydrogens (tertiary/aromatic N) is 5. The van der Waals surface area contributed by atoms with Crippen molar-refractivity contribution in [3.63, 3.8) is 0 Å². The van der Waals surface area contributed by atoms with Crippen LogP contribution in [0, 0.1) is 6.92 Å². The summed E-state index contributed by atoms with van der Waals surface area (Å²) in [7, 11) is 1.97. The van der Waals surface area contributed by atoms with Crippen molar-refractivity contribution in [2.75, 3.05) is 11.9 Å². The van der Waals surface area contributed by atoms with Crippen molar-refractivity contribution in [1.82, 2.24) is 24.7 Å². The molecule has 0 amide bonds. The first kappa shape index (κ1) is 15.8. The van der Waals surface area contributed by atoms with Crippen LogP contribution in [0.2, 0.25) is 0 Å². The van der Waals surface area contributed by atoms with Gasteiger partial charge in [0.15, 0.2) is 5.16 Å². The molecule has 0 bridgehead atoms. The smallest absolute Gasteiger partial charge is 0.197 e. The van der Waals surface area contributed by atoms with Crippen LogP contribution in [0.4, 0.5) is 5.82 Å². The Morgan fingerprint density at radius 2 is 2.00 bits per heavy atom. The fourth-order valence-electron chi connectivity index (χ4n) is 1.92. The Balaban J connectivity index is 2.31.